The van der Waals surface area contributed by atoms with E-state index in [1.807, 2.05) is 36.4 Å². The van der Waals surface area contributed by atoms with Crippen molar-refractivity contribution in [1.82, 2.24) is 30.2 Å². The minimum Gasteiger partial charge on any atom is -0.387 e. The first-order valence-corrected chi connectivity index (χ1v) is 14.4. The van der Waals surface area contributed by atoms with E-state index in [0.29, 0.717) is 36.0 Å². The Morgan fingerprint density at radius 1 is 1.07 bits per heavy atom. The van der Waals surface area contributed by atoms with Gasteiger partial charge in [-0.25, -0.2) is 4.98 Å². The number of carbonyl (C=O) groups is 1. The van der Waals surface area contributed by atoms with Gasteiger partial charge in [0, 0.05) is 31.6 Å². The zero-order valence-corrected chi connectivity index (χ0v) is 23.4. The van der Waals surface area contributed by atoms with Gasteiger partial charge in [0.2, 0.25) is 5.95 Å². The highest BCUT2D eigenvalue weighted by Crippen LogP contribution is 2.34. The van der Waals surface area contributed by atoms with Crippen LogP contribution in [0.5, 0.6) is 0 Å². The molecule has 2 aliphatic rings. The molecule has 0 spiro atoms. The molecule has 2 fully saturated rings. The quantitative estimate of drug-likeness (QED) is 0.165. The largest absolute Gasteiger partial charge is 0.387 e. The molecule has 4 heterocycles. The molecule has 5 atom stereocenters. The summed E-state index contributed by atoms with van der Waals surface area (Å²) < 4.78 is 7.43. The Morgan fingerprint density at radius 3 is 2.43 bits per heavy atom. The van der Waals surface area contributed by atoms with Gasteiger partial charge in [-0.3, -0.25) is 9.36 Å². The Kier molecular flexibility index (Phi) is 8.29. The second-order valence-electron chi connectivity index (χ2n) is 10.6. The number of aliphatic hydroxyl groups is 2. The minimum absolute atomic E-state index is 0.0444. The van der Waals surface area contributed by atoms with Crippen LogP contribution in [0.3, 0.4) is 0 Å². The molecule has 4 aromatic rings. The van der Waals surface area contributed by atoms with E-state index in [9.17, 15) is 15.0 Å². The van der Waals surface area contributed by atoms with Gasteiger partial charge in [-0.1, -0.05) is 60.7 Å². The predicted molar refractivity (Wildman–Crippen MR) is 158 cm³/mol. The van der Waals surface area contributed by atoms with E-state index in [2.05, 4.69) is 50.5 Å². The molecule has 12 heteroatoms. The van der Waals surface area contributed by atoms with Crippen molar-refractivity contribution in [2.75, 3.05) is 36.8 Å². The number of carbonyl (C=O) groups excluding carboxylic acids is 1. The molecule has 0 radical (unpaired) electrons. The van der Waals surface area contributed by atoms with Gasteiger partial charge >= 0.3 is 0 Å². The zero-order valence-electron chi connectivity index (χ0n) is 23.4. The van der Waals surface area contributed by atoms with Crippen molar-refractivity contribution in [1.29, 1.82) is 0 Å². The fourth-order valence-corrected chi connectivity index (χ4v) is 5.63. The van der Waals surface area contributed by atoms with Crippen LogP contribution in [0.2, 0.25) is 0 Å². The summed E-state index contributed by atoms with van der Waals surface area (Å²) in [5, 5.41) is 34.4. The summed E-state index contributed by atoms with van der Waals surface area (Å²) in [5.74, 6) is 0.488. The van der Waals surface area contributed by atoms with Crippen LogP contribution in [0.15, 0.2) is 67.0 Å². The second kappa shape index (κ2) is 12.4. The molecular weight excluding hydrogens is 536 g/mol. The van der Waals surface area contributed by atoms with Crippen LogP contribution >= 0.6 is 0 Å². The topological polar surface area (TPSA) is 158 Å². The number of fused-ring (bicyclic) bond motifs is 1. The summed E-state index contributed by atoms with van der Waals surface area (Å²) >= 11 is 0. The van der Waals surface area contributed by atoms with Crippen molar-refractivity contribution in [3.63, 3.8) is 0 Å². The number of anilines is 2. The number of benzene rings is 2. The molecule has 2 aromatic carbocycles. The molecule has 0 bridgehead atoms. The van der Waals surface area contributed by atoms with E-state index < -0.39 is 30.4 Å². The SMILES string of the molecule is CCNC(=O)[C@H]1O[C@@H](n2cnc3c(NCC(c4ccccc4)c4ccccc4)nc(NC4CCNC4)nc32)[C@H](O)[C@H]1O. The van der Waals surface area contributed by atoms with E-state index in [1.54, 1.807) is 11.5 Å². The number of hydrogen-bond acceptors (Lipinski definition) is 10. The van der Waals surface area contributed by atoms with Crippen molar-refractivity contribution in [3.8, 4) is 0 Å². The predicted octanol–water partition coefficient (Wildman–Crippen LogP) is 1.60. The number of aliphatic hydroxyl groups excluding tert-OH is 2. The molecule has 2 aliphatic heterocycles. The van der Waals surface area contributed by atoms with Gasteiger partial charge in [0.25, 0.3) is 5.91 Å². The highest BCUT2D eigenvalue weighted by Gasteiger charge is 2.47. The van der Waals surface area contributed by atoms with Crippen molar-refractivity contribution in [2.45, 2.75) is 49.8 Å². The number of hydrogen-bond donors (Lipinski definition) is 6. The van der Waals surface area contributed by atoms with Crippen LogP contribution in [0, 0.1) is 0 Å². The molecule has 1 unspecified atom stereocenters. The van der Waals surface area contributed by atoms with Crippen LogP contribution in [0.4, 0.5) is 11.8 Å². The maximum absolute atomic E-state index is 12.5. The lowest BCUT2D eigenvalue weighted by molar-refractivity contribution is -0.137. The van der Waals surface area contributed by atoms with Crippen LogP contribution < -0.4 is 21.3 Å². The molecule has 0 aliphatic carbocycles. The van der Waals surface area contributed by atoms with Crippen molar-refractivity contribution in [2.24, 2.45) is 0 Å². The number of rotatable bonds is 10. The smallest absolute Gasteiger partial charge is 0.252 e. The van der Waals surface area contributed by atoms with Crippen molar-refractivity contribution in [3.05, 3.63) is 78.1 Å². The molecular formula is C30H36N8O4. The molecule has 6 rings (SSSR count). The molecule has 6 N–H and O–H groups in total. The van der Waals surface area contributed by atoms with Gasteiger partial charge in [0.1, 0.15) is 12.2 Å². The van der Waals surface area contributed by atoms with Gasteiger partial charge in [0.05, 0.1) is 6.33 Å². The number of imidazole rings is 1. The van der Waals surface area contributed by atoms with Gasteiger partial charge in [-0.2, -0.15) is 9.97 Å². The van der Waals surface area contributed by atoms with E-state index in [-0.39, 0.29) is 12.0 Å². The maximum Gasteiger partial charge on any atom is 0.252 e. The monoisotopic (exact) mass is 572 g/mol. The molecule has 2 saturated heterocycles. The van der Waals surface area contributed by atoms with E-state index in [0.717, 1.165) is 30.6 Å². The second-order valence-corrected chi connectivity index (χ2v) is 10.6. The Balaban J connectivity index is 1.35. The first-order valence-electron chi connectivity index (χ1n) is 14.4. The lowest BCUT2D eigenvalue weighted by Crippen LogP contribution is -2.42. The first-order chi connectivity index (χ1) is 20.5. The fraction of sp³-hybridized carbons (Fsp3) is 0.400. The Bertz CT molecular complexity index is 1460. The summed E-state index contributed by atoms with van der Waals surface area (Å²) in [6, 6.07) is 20.7. The van der Waals surface area contributed by atoms with Gasteiger partial charge in [-0.05, 0) is 31.0 Å². The van der Waals surface area contributed by atoms with Gasteiger partial charge < -0.3 is 36.2 Å². The van der Waals surface area contributed by atoms with Gasteiger partial charge in [0.15, 0.2) is 29.3 Å². The number of amides is 1. The summed E-state index contributed by atoms with van der Waals surface area (Å²) in [4.78, 5) is 26.6. The van der Waals surface area contributed by atoms with E-state index >= 15 is 0 Å². The average molecular weight is 573 g/mol. The van der Waals surface area contributed by atoms with Crippen molar-refractivity contribution < 1.29 is 19.7 Å². The molecule has 12 nitrogen and oxygen atoms in total. The average Bonchev–Trinajstić information content (AvgIpc) is 3.75. The summed E-state index contributed by atoms with van der Waals surface area (Å²) in [6.07, 6.45) is -2.63. The third-order valence-corrected chi connectivity index (χ3v) is 7.81. The number of nitrogens with zero attached hydrogens (tertiary/aromatic N) is 4. The third-order valence-electron chi connectivity index (χ3n) is 7.81. The zero-order chi connectivity index (χ0) is 29.1. The summed E-state index contributed by atoms with van der Waals surface area (Å²) in [6.45, 7) is 4.38. The minimum atomic E-state index is -1.40. The molecule has 220 valence electrons. The summed E-state index contributed by atoms with van der Waals surface area (Å²) in [7, 11) is 0. The summed E-state index contributed by atoms with van der Waals surface area (Å²) in [5.41, 5.74) is 3.21. The highest BCUT2D eigenvalue weighted by molar-refractivity contribution is 5.85. The maximum atomic E-state index is 12.5. The van der Waals surface area contributed by atoms with Crippen LogP contribution in [-0.4, -0.2) is 86.2 Å². The molecule has 2 aromatic heterocycles. The first kappa shape index (κ1) is 28.0. The lowest BCUT2D eigenvalue weighted by atomic mass is 9.91. The fourth-order valence-electron chi connectivity index (χ4n) is 5.63. The molecule has 1 amide bonds. The van der Waals surface area contributed by atoms with Crippen LogP contribution in [0.1, 0.15) is 36.6 Å². The third kappa shape index (κ3) is 5.66. The lowest BCUT2D eigenvalue weighted by Gasteiger charge is -2.20. The van der Waals surface area contributed by atoms with Crippen LogP contribution in [0.25, 0.3) is 11.2 Å². The van der Waals surface area contributed by atoms with Crippen molar-refractivity contribution >= 4 is 28.8 Å². The Hall–Kier alpha value is -4.10. The Morgan fingerprint density at radius 2 is 1.79 bits per heavy atom. The number of likely N-dealkylation sites (N-methyl/N-ethyl adjacent to an activating group) is 1. The molecule has 0 saturated carbocycles. The van der Waals surface area contributed by atoms with Crippen LogP contribution in [-0.2, 0) is 9.53 Å². The van der Waals surface area contributed by atoms with E-state index in [1.165, 1.54) is 6.33 Å². The molecule has 42 heavy (non-hydrogen) atoms. The number of aromatic nitrogens is 4. The standard InChI is InChI=1S/C30H36N8O4/c1-2-32-28(41)25-23(39)24(40)29(42-25)38-17-34-22-26(36-30(37-27(22)38)35-20-13-14-31-15-20)33-16-21(18-9-5-3-6-10-18)19-11-7-4-8-12-19/h3-12,17,20-21,23-25,29,31,39-40H,2,13-16H2,1H3,(H,32,41)(H2,33,35,36,37)/t20?,23-,24-,25+,29-/m1/s1. The number of nitrogens with one attached hydrogen (secondary N) is 4. The highest BCUT2D eigenvalue weighted by atomic mass is 16.6. The van der Waals surface area contributed by atoms with Gasteiger partial charge in [-0.15, -0.1) is 0 Å². The normalized spacial score (nSPS) is 23.9. The Labute approximate surface area is 243 Å². The number of ether oxygens (including phenoxy) is 1. The van der Waals surface area contributed by atoms with E-state index in [4.69, 9.17) is 14.7 Å².